The second kappa shape index (κ2) is 4.56. The molecule has 1 aromatic rings. The first kappa shape index (κ1) is 9.66. The molecule has 6 heteroatoms. The molecule has 0 aliphatic heterocycles. The number of alkyl halides is 1. The van der Waals surface area contributed by atoms with E-state index < -0.39 is 18.8 Å². The van der Waals surface area contributed by atoms with Gasteiger partial charge in [0.15, 0.2) is 0 Å². The Morgan fingerprint density at radius 2 is 2.62 bits per heavy atom. The molecule has 1 rings (SSSR count). The number of aromatic nitrogens is 2. The van der Waals surface area contributed by atoms with E-state index in [9.17, 15) is 9.18 Å². The monoisotopic (exact) mass is 187 g/mol. The third kappa shape index (κ3) is 2.83. The first-order chi connectivity index (χ1) is 6.24. The topological polar surface area (TPSA) is 78.0 Å². The molecule has 0 radical (unpaired) electrons. The summed E-state index contributed by atoms with van der Waals surface area (Å²) in [6.45, 7) is -0.856. The van der Waals surface area contributed by atoms with Crippen molar-refractivity contribution in [2.75, 3.05) is 6.80 Å². The normalized spacial score (nSPS) is 12.7. The maximum absolute atomic E-state index is 11.8. The molecule has 0 fully saturated rings. The number of carboxylic acids is 1. The Labute approximate surface area is 74.0 Å². The van der Waals surface area contributed by atoms with E-state index in [2.05, 4.69) is 15.3 Å². The van der Waals surface area contributed by atoms with Crippen LogP contribution in [0.15, 0.2) is 12.5 Å². The van der Waals surface area contributed by atoms with Crippen LogP contribution in [-0.4, -0.2) is 33.9 Å². The Morgan fingerprint density at radius 1 is 1.85 bits per heavy atom. The number of nitrogens with zero attached hydrogens (tertiary/aromatic N) is 1. The molecule has 0 saturated carbocycles. The van der Waals surface area contributed by atoms with Crippen molar-refractivity contribution in [2.45, 2.75) is 12.5 Å². The fourth-order valence-electron chi connectivity index (χ4n) is 0.956. The fraction of sp³-hybridized carbons (Fsp3) is 0.429. The largest absolute Gasteiger partial charge is 0.480 e. The third-order valence-electron chi connectivity index (χ3n) is 1.60. The second-order valence-electron chi connectivity index (χ2n) is 2.51. The van der Waals surface area contributed by atoms with Gasteiger partial charge in [-0.2, -0.15) is 0 Å². The number of carbonyl (C=O) groups is 1. The summed E-state index contributed by atoms with van der Waals surface area (Å²) in [5.74, 6) is -1.08. The van der Waals surface area contributed by atoms with Gasteiger partial charge < -0.3 is 10.1 Å². The van der Waals surface area contributed by atoms with Crippen LogP contribution < -0.4 is 5.32 Å². The lowest BCUT2D eigenvalue weighted by atomic mass is 10.2. The molecule has 1 unspecified atom stereocenters. The number of nitrogens with one attached hydrogen (secondary N) is 2. The maximum atomic E-state index is 11.8. The zero-order valence-corrected chi connectivity index (χ0v) is 6.83. The second-order valence-corrected chi connectivity index (χ2v) is 2.51. The summed E-state index contributed by atoms with van der Waals surface area (Å²) in [4.78, 5) is 17.0. The number of rotatable bonds is 5. The molecule has 72 valence electrons. The average molecular weight is 187 g/mol. The van der Waals surface area contributed by atoms with Crippen molar-refractivity contribution in [1.82, 2.24) is 15.3 Å². The van der Waals surface area contributed by atoms with E-state index in [1.54, 1.807) is 0 Å². The fourth-order valence-corrected chi connectivity index (χ4v) is 0.956. The molecule has 0 saturated heterocycles. The van der Waals surface area contributed by atoms with Gasteiger partial charge in [-0.05, 0) is 0 Å². The van der Waals surface area contributed by atoms with E-state index in [0.29, 0.717) is 5.69 Å². The van der Waals surface area contributed by atoms with Crippen LogP contribution in [0.4, 0.5) is 4.39 Å². The van der Waals surface area contributed by atoms with Crippen LogP contribution in [0.3, 0.4) is 0 Å². The van der Waals surface area contributed by atoms with Gasteiger partial charge in [0, 0.05) is 18.3 Å². The summed E-state index contributed by atoms with van der Waals surface area (Å²) in [5, 5.41) is 10.8. The highest BCUT2D eigenvalue weighted by Crippen LogP contribution is 1.98. The minimum Gasteiger partial charge on any atom is -0.480 e. The van der Waals surface area contributed by atoms with Crippen molar-refractivity contribution in [3.63, 3.8) is 0 Å². The lowest BCUT2D eigenvalue weighted by molar-refractivity contribution is -0.139. The van der Waals surface area contributed by atoms with Crippen molar-refractivity contribution in [3.05, 3.63) is 18.2 Å². The molecule has 5 nitrogen and oxygen atoms in total. The number of aliphatic carboxylic acids is 1. The van der Waals surface area contributed by atoms with Gasteiger partial charge in [-0.3, -0.25) is 10.1 Å². The SMILES string of the molecule is O=C(O)C(Cc1cnc[nH]1)NCF. The third-order valence-corrected chi connectivity index (χ3v) is 1.60. The molecule has 1 atom stereocenters. The molecule has 1 aromatic heterocycles. The van der Waals surface area contributed by atoms with Gasteiger partial charge in [0.05, 0.1) is 6.33 Å². The number of hydrogen-bond acceptors (Lipinski definition) is 3. The molecule has 0 aromatic carbocycles. The molecule has 13 heavy (non-hydrogen) atoms. The zero-order chi connectivity index (χ0) is 9.68. The summed E-state index contributed by atoms with van der Waals surface area (Å²) >= 11 is 0. The van der Waals surface area contributed by atoms with Crippen LogP contribution in [0.5, 0.6) is 0 Å². The highest BCUT2D eigenvalue weighted by atomic mass is 19.1. The predicted octanol–water partition coefficient (Wildman–Crippen LogP) is -0.0780. The van der Waals surface area contributed by atoms with Gasteiger partial charge in [-0.25, -0.2) is 9.37 Å². The minimum absolute atomic E-state index is 0.194. The summed E-state index contributed by atoms with van der Waals surface area (Å²) in [7, 11) is 0. The summed E-state index contributed by atoms with van der Waals surface area (Å²) < 4.78 is 11.8. The van der Waals surface area contributed by atoms with E-state index in [4.69, 9.17) is 5.11 Å². The van der Waals surface area contributed by atoms with Gasteiger partial charge in [-0.15, -0.1) is 0 Å². The summed E-state index contributed by atoms with van der Waals surface area (Å²) in [5.41, 5.74) is 0.661. The van der Waals surface area contributed by atoms with Crippen LogP contribution in [0.2, 0.25) is 0 Å². The van der Waals surface area contributed by atoms with Crippen molar-refractivity contribution >= 4 is 5.97 Å². The van der Waals surface area contributed by atoms with Crippen molar-refractivity contribution in [2.24, 2.45) is 0 Å². The number of H-pyrrole nitrogens is 1. The first-order valence-corrected chi connectivity index (χ1v) is 3.73. The van der Waals surface area contributed by atoms with Crippen LogP contribution in [0, 0.1) is 0 Å². The van der Waals surface area contributed by atoms with E-state index in [-0.39, 0.29) is 6.42 Å². The number of aromatic amines is 1. The molecule has 3 N–H and O–H groups in total. The van der Waals surface area contributed by atoms with E-state index >= 15 is 0 Å². The smallest absolute Gasteiger partial charge is 0.321 e. The van der Waals surface area contributed by atoms with E-state index in [1.807, 2.05) is 0 Å². The number of halogens is 1. The van der Waals surface area contributed by atoms with Crippen molar-refractivity contribution in [1.29, 1.82) is 0 Å². The molecule has 0 aliphatic carbocycles. The molecule has 0 amide bonds. The number of hydrogen-bond donors (Lipinski definition) is 3. The Balaban J connectivity index is 2.52. The highest BCUT2D eigenvalue weighted by molar-refractivity contribution is 5.73. The molecule has 0 aliphatic rings. The molecule has 1 heterocycles. The van der Waals surface area contributed by atoms with Crippen molar-refractivity contribution < 1.29 is 14.3 Å². The minimum atomic E-state index is -1.08. The zero-order valence-electron chi connectivity index (χ0n) is 6.83. The van der Waals surface area contributed by atoms with Gasteiger partial charge in [0.1, 0.15) is 12.8 Å². The van der Waals surface area contributed by atoms with Gasteiger partial charge >= 0.3 is 5.97 Å². The molecule has 0 spiro atoms. The molecule has 0 bridgehead atoms. The van der Waals surface area contributed by atoms with Crippen LogP contribution in [-0.2, 0) is 11.2 Å². The Morgan fingerprint density at radius 3 is 3.08 bits per heavy atom. The van der Waals surface area contributed by atoms with Crippen LogP contribution in [0.1, 0.15) is 5.69 Å². The summed E-state index contributed by atoms with van der Waals surface area (Å²) in [6, 6.07) is -0.912. The quantitative estimate of drug-likeness (QED) is 0.563. The van der Waals surface area contributed by atoms with Crippen LogP contribution in [0.25, 0.3) is 0 Å². The Bertz CT molecular complexity index is 263. The van der Waals surface area contributed by atoms with E-state index in [1.165, 1.54) is 12.5 Å². The number of imidazole rings is 1. The Kier molecular flexibility index (Phi) is 3.39. The van der Waals surface area contributed by atoms with Crippen LogP contribution >= 0.6 is 0 Å². The maximum Gasteiger partial charge on any atom is 0.321 e. The lowest BCUT2D eigenvalue weighted by Crippen LogP contribution is -2.38. The van der Waals surface area contributed by atoms with Gasteiger partial charge in [-0.1, -0.05) is 0 Å². The average Bonchev–Trinajstić information content (AvgIpc) is 2.56. The molecular formula is C7H10FN3O2. The van der Waals surface area contributed by atoms with Gasteiger partial charge in [0.25, 0.3) is 0 Å². The highest BCUT2D eigenvalue weighted by Gasteiger charge is 2.17. The van der Waals surface area contributed by atoms with Gasteiger partial charge in [0.2, 0.25) is 0 Å². The summed E-state index contributed by atoms with van der Waals surface area (Å²) in [6.07, 6.45) is 3.15. The Hall–Kier alpha value is -1.43. The molecular weight excluding hydrogens is 177 g/mol. The predicted molar refractivity (Wildman–Crippen MR) is 42.8 cm³/mol. The number of carboxylic acid groups (broad SMARTS) is 1. The van der Waals surface area contributed by atoms with E-state index in [0.717, 1.165) is 0 Å². The first-order valence-electron chi connectivity index (χ1n) is 3.73. The van der Waals surface area contributed by atoms with Crippen molar-refractivity contribution in [3.8, 4) is 0 Å². The lowest BCUT2D eigenvalue weighted by Gasteiger charge is -2.09. The standard InChI is InChI=1S/C7H10FN3O2/c8-3-10-6(7(12)13)1-5-2-9-4-11-5/h2,4,6,10H,1,3H2,(H,9,11)(H,12,13).